The van der Waals surface area contributed by atoms with Crippen molar-refractivity contribution in [3.8, 4) is 17.2 Å². The first-order chi connectivity index (χ1) is 12.5. The Hall–Kier alpha value is -3.22. The molecule has 2 heterocycles. The van der Waals surface area contributed by atoms with Gasteiger partial charge in [0.1, 0.15) is 5.65 Å². The number of carbonyl (C=O) groups is 1. The second-order valence-corrected chi connectivity index (χ2v) is 5.80. The number of pyridine rings is 1. The monoisotopic (exact) mass is 355 g/mol. The number of rotatable bonds is 6. The Balaban J connectivity index is 1.78. The van der Waals surface area contributed by atoms with Crippen LogP contribution in [0, 0.1) is 6.92 Å². The van der Waals surface area contributed by atoms with Gasteiger partial charge in [0.25, 0.3) is 5.91 Å². The van der Waals surface area contributed by atoms with Gasteiger partial charge in [-0.2, -0.15) is 0 Å². The molecule has 0 saturated carbocycles. The van der Waals surface area contributed by atoms with Gasteiger partial charge < -0.3 is 23.9 Å². The summed E-state index contributed by atoms with van der Waals surface area (Å²) in [5.41, 5.74) is 3.17. The molecule has 0 aliphatic heterocycles. The molecule has 7 heteroatoms. The van der Waals surface area contributed by atoms with Gasteiger partial charge in [0.2, 0.25) is 5.75 Å². The maximum Gasteiger partial charge on any atom is 0.251 e. The molecular weight excluding hydrogens is 334 g/mol. The highest BCUT2D eigenvalue weighted by molar-refractivity contribution is 5.95. The minimum atomic E-state index is -0.252. The van der Waals surface area contributed by atoms with Crippen LogP contribution in [0.25, 0.3) is 5.65 Å². The number of methoxy groups -OCH3 is 3. The molecule has 0 unspecified atom stereocenters. The number of ether oxygens (including phenoxy) is 3. The molecule has 0 saturated heterocycles. The minimum Gasteiger partial charge on any atom is -0.493 e. The molecule has 1 N–H and O–H groups in total. The van der Waals surface area contributed by atoms with Gasteiger partial charge in [0, 0.05) is 18.0 Å². The number of hydrogen-bond acceptors (Lipinski definition) is 5. The summed E-state index contributed by atoms with van der Waals surface area (Å²) in [6.45, 7) is 2.33. The first-order valence-corrected chi connectivity index (χ1v) is 8.08. The van der Waals surface area contributed by atoms with Crippen molar-refractivity contribution in [1.29, 1.82) is 0 Å². The molecule has 0 radical (unpaired) electrons. The lowest BCUT2D eigenvalue weighted by molar-refractivity contribution is 0.0949. The van der Waals surface area contributed by atoms with E-state index in [9.17, 15) is 4.79 Å². The second-order valence-electron chi connectivity index (χ2n) is 5.80. The highest BCUT2D eigenvalue weighted by atomic mass is 16.5. The Morgan fingerprint density at radius 1 is 1.12 bits per heavy atom. The van der Waals surface area contributed by atoms with Crippen molar-refractivity contribution >= 4 is 11.6 Å². The van der Waals surface area contributed by atoms with E-state index in [0.717, 1.165) is 16.9 Å². The van der Waals surface area contributed by atoms with Crippen molar-refractivity contribution in [2.75, 3.05) is 21.3 Å². The van der Waals surface area contributed by atoms with E-state index in [1.807, 2.05) is 35.9 Å². The molecule has 0 atom stereocenters. The average Bonchev–Trinajstić information content (AvgIpc) is 3.06. The van der Waals surface area contributed by atoms with Gasteiger partial charge in [-0.05, 0) is 36.8 Å². The molecule has 1 aromatic carbocycles. The highest BCUT2D eigenvalue weighted by Gasteiger charge is 2.17. The fourth-order valence-corrected chi connectivity index (χ4v) is 2.71. The van der Waals surface area contributed by atoms with Gasteiger partial charge in [0.15, 0.2) is 11.5 Å². The number of hydrogen-bond donors (Lipinski definition) is 1. The zero-order valence-corrected chi connectivity index (χ0v) is 15.2. The zero-order valence-electron chi connectivity index (χ0n) is 15.2. The molecule has 0 bridgehead atoms. The maximum absolute atomic E-state index is 12.5. The number of nitrogens with one attached hydrogen (secondary N) is 1. The van der Waals surface area contributed by atoms with Gasteiger partial charge in [-0.25, -0.2) is 4.98 Å². The molecule has 7 nitrogen and oxygen atoms in total. The smallest absolute Gasteiger partial charge is 0.251 e. The SMILES string of the molecule is COc1cc(C(=O)NCc2cn3ccc(C)cc3n2)cc(OC)c1OC. The second kappa shape index (κ2) is 7.35. The van der Waals surface area contributed by atoms with Crippen LogP contribution >= 0.6 is 0 Å². The predicted octanol–water partition coefficient (Wildman–Crippen LogP) is 2.60. The fraction of sp³-hybridized carbons (Fsp3) is 0.263. The summed E-state index contributed by atoms with van der Waals surface area (Å²) in [6.07, 6.45) is 3.84. The van der Waals surface area contributed by atoms with E-state index in [-0.39, 0.29) is 5.91 Å². The van der Waals surface area contributed by atoms with E-state index in [4.69, 9.17) is 14.2 Å². The largest absolute Gasteiger partial charge is 0.493 e. The number of nitrogens with zero attached hydrogens (tertiary/aromatic N) is 2. The number of amides is 1. The molecule has 1 amide bonds. The van der Waals surface area contributed by atoms with E-state index < -0.39 is 0 Å². The quantitative estimate of drug-likeness (QED) is 0.736. The highest BCUT2D eigenvalue weighted by Crippen LogP contribution is 2.38. The van der Waals surface area contributed by atoms with E-state index in [1.54, 1.807) is 12.1 Å². The Kier molecular flexibility index (Phi) is 4.97. The van der Waals surface area contributed by atoms with Crippen LogP contribution in [0.2, 0.25) is 0 Å². The molecule has 0 aliphatic carbocycles. The molecular formula is C19H21N3O4. The van der Waals surface area contributed by atoms with Crippen LogP contribution in [0.15, 0.2) is 36.7 Å². The lowest BCUT2D eigenvalue weighted by Crippen LogP contribution is -2.23. The van der Waals surface area contributed by atoms with E-state index in [0.29, 0.717) is 29.4 Å². The first kappa shape index (κ1) is 17.6. The molecule has 0 spiro atoms. The number of aryl methyl sites for hydroxylation is 1. The summed E-state index contributed by atoms with van der Waals surface area (Å²) in [4.78, 5) is 17.0. The van der Waals surface area contributed by atoms with Crippen LogP contribution in [-0.4, -0.2) is 36.6 Å². The lowest BCUT2D eigenvalue weighted by atomic mass is 10.1. The van der Waals surface area contributed by atoms with Crippen LogP contribution in [0.5, 0.6) is 17.2 Å². The normalized spacial score (nSPS) is 10.6. The number of benzene rings is 1. The van der Waals surface area contributed by atoms with Crippen LogP contribution in [0.1, 0.15) is 21.6 Å². The maximum atomic E-state index is 12.5. The summed E-state index contributed by atoms with van der Waals surface area (Å²) >= 11 is 0. The van der Waals surface area contributed by atoms with E-state index in [1.165, 1.54) is 21.3 Å². The number of carbonyl (C=O) groups excluding carboxylic acids is 1. The summed E-state index contributed by atoms with van der Waals surface area (Å²) in [7, 11) is 4.54. The van der Waals surface area contributed by atoms with Crippen molar-refractivity contribution in [1.82, 2.24) is 14.7 Å². The minimum absolute atomic E-state index is 0.252. The van der Waals surface area contributed by atoms with Gasteiger partial charge in [-0.3, -0.25) is 4.79 Å². The van der Waals surface area contributed by atoms with Gasteiger partial charge in [0.05, 0.1) is 33.6 Å². The molecule has 3 rings (SSSR count). The molecule has 2 aromatic heterocycles. The Labute approximate surface area is 151 Å². The van der Waals surface area contributed by atoms with Crippen molar-refractivity contribution in [3.05, 3.63) is 53.5 Å². The van der Waals surface area contributed by atoms with Gasteiger partial charge >= 0.3 is 0 Å². The van der Waals surface area contributed by atoms with E-state index in [2.05, 4.69) is 10.3 Å². The topological polar surface area (TPSA) is 74.1 Å². The first-order valence-electron chi connectivity index (χ1n) is 8.08. The standard InChI is InChI=1S/C19H21N3O4/c1-12-5-6-22-11-14(21-17(22)7-12)10-20-19(23)13-8-15(24-2)18(26-4)16(9-13)25-3/h5-9,11H,10H2,1-4H3,(H,20,23). The fourth-order valence-electron chi connectivity index (χ4n) is 2.71. The van der Waals surface area contributed by atoms with Gasteiger partial charge in [-0.1, -0.05) is 0 Å². The molecule has 136 valence electrons. The third-order valence-corrected chi connectivity index (χ3v) is 4.02. The lowest BCUT2D eigenvalue weighted by Gasteiger charge is -2.13. The predicted molar refractivity (Wildman–Crippen MR) is 97.2 cm³/mol. The molecule has 0 fully saturated rings. The third kappa shape index (κ3) is 3.42. The molecule has 0 aliphatic rings. The summed E-state index contributed by atoms with van der Waals surface area (Å²) in [6, 6.07) is 7.23. The molecule has 3 aromatic rings. The van der Waals surface area contributed by atoms with Crippen molar-refractivity contribution in [3.63, 3.8) is 0 Å². The van der Waals surface area contributed by atoms with Crippen molar-refractivity contribution in [2.24, 2.45) is 0 Å². The van der Waals surface area contributed by atoms with Crippen molar-refractivity contribution < 1.29 is 19.0 Å². The molecule has 26 heavy (non-hydrogen) atoms. The van der Waals surface area contributed by atoms with Gasteiger partial charge in [-0.15, -0.1) is 0 Å². The average molecular weight is 355 g/mol. The van der Waals surface area contributed by atoms with Crippen LogP contribution in [0.4, 0.5) is 0 Å². The Morgan fingerprint density at radius 3 is 2.42 bits per heavy atom. The summed E-state index contributed by atoms with van der Waals surface area (Å²) in [5.74, 6) is 1.06. The summed E-state index contributed by atoms with van der Waals surface area (Å²) in [5, 5.41) is 2.86. The number of imidazole rings is 1. The summed E-state index contributed by atoms with van der Waals surface area (Å²) < 4.78 is 17.8. The number of aromatic nitrogens is 2. The van der Waals surface area contributed by atoms with E-state index >= 15 is 0 Å². The van der Waals surface area contributed by atoms with Crippen LogP contribution in [-0.2, 0) is 6.54 Å². The van der Waals surface area contributed by atoms with Crippen LogP contribution < -0.4 is 19.5 Å². The van der Waals surface area contributed by atoms with Crippen molar-refractivity contribution in [2.45, 2.75) is 13.5 Å². The Morgan fingerprint density at radius 2 is 1.81 bits per heavy atom. The Bertz CT molecular complexity index is 924. The van der Waals surface area contributed by atoms with Crippen LogP contribution in [0.3, 0.4) is 0 Å². The third-order valence-electron chi connectivity index (χ3n) is 4.02. The zero-order chi connectivity index (χ0) is 18.7. The number of fused-ring (bicyclic) bond motifs is 1.